The molecule has 1 amide bonds. The van der Waals surface area contributed by atoms with Gasteiger partial charge in [0.05, 0.1) is 11.4 Å². The minimum absolute atomic E-state index is 0.0786. The fourth-order valence-corrected chi connectivity index (χ4v) is 3.17. The first kappa shape index (κ1) is 22.2. The average molecular weight is 465 g/mol. The topological polar surface area (TPSA) is 86.1 Å². The number of benzene rings is 3. The highest BCUT2D eigenvalue weighted by molar-refractivity contribution is 6.30. The van der Waals surface area contributed by atoms with Crippen LogP contribution in [0.3, 0.4) is 0 Å². The maximum Gasteiger partial charge on any atom is 0.379 e. The van der Waals surface area contributed by atoms with Crippen molar-refractivity contribution >= 4 is 29.2 Å². The van der Waals surface area contributed by atoms with E-state index >= 15 is 0 Å². The number of hydrogen-bond donors (Lipinski definition) is 1. The van der Waals surface area contributed by atoms with Gasteiger partial charge in [-0.2, -0.15) is 0 Å². The number of amides is 1. The Hall–Kier alpha value is -4.04. The lowest BCUT2D eigenvalue weighted by Crippen LogP contribution is -2.30. The fourth-order valence-electron chi connectivity index (χ4n) is 3.01. The monoisotopic (exact) mass is 464 g/mol. The van der Waals surface area contributed by atoms with E-state index in [1.807, 2.05) is 60.7 Å². The third-order valence-electron chi connectivity index (χ3n) is 4.66. The Balaban J connectivity index is 1.55. The van der Waals surface area contributed by atoms with Crippen molar-refractivity contribution in [2.24, 2.45) is 0 Å². The predicted molar refractivity (Wildman–Crippen MR) is 122 cm³/mol. The van der Waals surface area contributed by atoms with E-state index in [0.717, 1.165) is 11.6 Å². The van der Waals surface area contributed by atoms with Crippen LogP contribution in [0.15, 0.2) is 78.9 Å². The number of nitrogens with zero attached hydrogens (tertiary/aromatic N) is 3. The van der Waals surface area contributed by atoms with Gasteiger partial charge in [0.15, 0.2) is 11.9 Å². The van der Waals surface area contributed by atoms with E-state index in [0.29, 0.717) is 11.5 Å². The molecule has 166 valence electrons. The maximum absolute atomic E-state index is 13.9. The van der Waals surface area contributed by atoms with Gasteiger partial charge in [0.25, 0.3) is 11.7 Å². The second-order valence-electron chi connectivity index (χ2n) is 7.03. The van der Waals surface area contributed by atoms with Crippen LogP contribution in [0.4, 0.5) is 10.1 Å². The lowest BCUT2D eigenvalue weighted by Gasteiger charge is -2.13. The summed E-state index contributed by atoms with van der Waals surface area (Å²) in [5.74, 6) is -2.08. The number of aromatic nitrogens is 3. The van der Waals surface area contributed by atoms with E-state index in [-0.39, 0.29) is 16.5 Å². The van der Waals surface area contributed by atoms with Crippen LogP contribution in [0.1, 0.15) is 17.5 Å². The van der Waals surface area contributed by atoms with Gasteiger partial charge in [-0.05, 0) is 37.3 Å². The van der Waals surface area contributed by atoms with Gasteiger partial charge < -0.3 is 10.1 Å². The molecular weight excluding hydrogens is 447 g/mol. The van der Waals surface area contributed by atoms with Gasteiger partial charge >= 0.3 is 5.97 Å². The third kappa shape index (κ3) is 5.07. The minimum atomic E-state index is -1.23. The van der Waals surface area contributed by atoms with Gasteiger partial charge in [-0.3, -0.25) is 4.79 Å². The van der Waals surface area contributed by atoms with Crippen LogP contribution in [0, 0.1) is 5.82 Å². The highest BCUT2D eigenvalue weighted by Gasteiger charge is 2.25. The first-order valence-corrected chi connectivity index (χ1v) is 10.3. The highest BCUT2D eigenvalue weighted by Crippen LogP contribution is 2.22. The molecule has 0 fully saturated rings. The summed E-state index contributed by atoms with van der Waals surface area (Å²) in [6, 6.07) is 22.3. The number of esters is 1. The number of nitrogens with one attached hydrogen (secondary N) is 1. The van der Waals surface area contributed by atoms with Gasteiger partial charge in [-0.1, -0.05) is 60.1 Å². The zero-order valence-electron chi connectivity index (χ0n) is 17.4. The Bertz CT molecular complexity index is 1240. The number of anilines is 1. The number of para-hydroxylation sites is 1. The Morgan fingerprint density at radius 3 is 2.36 bits per heavy atom. The van der Waals surface area contributed by atoms with Crippen LogP contribution in [-0.4, -0.2) is 32.7 Å². The molecule has 0 radical (unpaired) electrons. The predicted octanol–water partition coefficient (Wildman–Crippen LogP) is 4.91. The lowest BCUT2D eigenvalue weighted by molar-refractivity contribution is -0.123. The SMILES string of the molecule is CC(OC(=O)c1nc(-c2ccccc2)n(-c2ccccc2)n1)C(=O)Nc1ccc(Cl)cc1F. The van der Waals surface area contributed by atoms with Crippen molar-refractivity contribution in [2.45, 2.75) is 13.0 Å². The average Bonchev–Trinajstić information content (AvgIpc) is 3.28. The van der Waals surface area contributed by atoms with E-state index < -0.39 is 23.8 Å². The summed E-state index contributed by atoms with van der Waals surface area (Å²) in [5, 5.41) is 6.86. The number of ether oxygens (including phenoxy) is 1. The summed E-state index contributed by atoms with van der Waals surface area (Å²) < 4.78 is 20.7. The molecule has 0 aliphatic heterocycles. The highest BCUT2D eigenvalue weighted by atomic mass is 35.5. The number of rotatable bonds is 6. The quantitative estimate of drug-likeness (QED) is 0.410. The first-order valence-electron chi connectivity index (χ1n) is 9.97. The summed E-state index contributed by atoms with van der Waals surface area (Å²) in [4.78, 5) is 29.5. The number of carbonyl (C=O) groups excluding carboxylic acids is 2. The molecule has 4 aromatic rings. The summed E-state index contributed by atoms with van der Waals surface area (Å²) in [6.07, 6.45) is -1.23. The van der Waals surface area contributed by atoms with Crippen LogP contribution in [-0.2, 0) is 9.53 Å². The number of hydrogen-bond acceptors (Lipinski definition) is 5. The summed E-state index contributed by atoms with van der Waals surface area (Å²) in [5.41, 5.74) is 1.37. The van der Waals surface area contributed by atoms with Crippen molar-refractivity contribution in [3.05, 3.63) is 95.5 Å². The molecule has 1 atom stereocenters. The van der Waals surface area contributed by atoms with E-state index in [4.69, 9.17) is 16.3 Å². The van der Waals surface area contributed by atoms with Crippen molar-refractivity contribution < 1.29 is 18.7 Å². The molecular formula is C24H18ClFN4O3. The van der Waals surface area contributed by atoms with Crippen LogP contribution in [0.5, 0.6) is 0 Å². The molecule has 0 aliphatic rings. The molecule has 0 saturated heterocycles. The molecule has 33 heavy (non-hydrogen) atoms. The number of carbonyl (C=O) groups is 2. The minimum Gasteiger partial charge on any atom is -0.447 e. The van der Waals surface area contributed by atoms with Crippen molar-refractivity contribution in [1.29, 1.82) is 0 Å². The summed E-state index contributed by atoms with van der Waals surface area (Å²) >= 11 is 5.72. The molecule has 0 bridgehead atoms. The van der Waals surface area contributed by atoms with Gasteiger partial charge in [-0.15, -0.1) is 5.10 Å². The zero-order valence-corrected chi connectivity index (χ0v) is 18.2. The molecule has 4 rings (SSSR count). The first-order chi connectivity index (χ1) is 15.9. The van der Waals surface area contributed by atoms with Gasteiger partial charge in [-0.25, -0.2) is 18.9 Å². The summed E-state index contributed by atoms with van der Waals surface area (Å²) in [6.45, 7) is 1.37. The Kier molecular flexibility index (Phi) is 6.46. The van der Waals surface area contributed by atoms with Gasteiger partial charge in [0, 0.05) is 10.6 Å². The standard InChI is InChI=1S/C24H18ClFN4O3/c1-15(23(31)27-20-13-12-17(25)14-19(20)26)33-24(32)21-28-22(16-8-4-2-5-9-16)30(29-21)18-10-6-3-7-11-18/h2-15H,1H3,(H,27,31). The lowest BCUT2D eigenvalue weighted by atomic mass is 10.2. The van der Waals surface area contributed by atoms with E-state index in [2.05, 4.69) is 15.4 Å². The van der Waals surface area contributed by atoms with Crippen LogP contribution >= 0.6 is 11.6 Å². The van der Waals surface area contributed by atoms with Crippen LogP contribution in [0.2, 0.25) is 5.02 Å². The molecule has 0 spiro atoms. The Morgan fingerprint density at radius 2 is 1.70 bits per heavy atom. The van der Waals surface area contributed by atoms with E-state index in [1.54, 1.807) is 0 Å². The van der Waals surface area contributed by atoms with Crippen molar-refractivity contribution in [2.75, 3.05) is 5.32 Å². The molecule has 9 heteroatoms. The number of halogens is 2. The third-order valence-corrected chi connectivity index (χ3v) is 4.90. The molecule has 1 unspecified atom stereocenters. The summed E-state index contributed by atoms with van der Waals surface area (Å²) in [7, 11) is 0. The second kappa shape index (κ2) is 9.62. The molecule has 3 aromatic carbocycles. The fraction of sp³-hybridized carbons (Fsp3) is 0.0833. The Labute approximate surface area is 193 Å². The van der Waals surface area contributed by atoms with Crippen molar-refractivity contribution in [3.8, 4) is 17.1 Å². The normalized spacial score (nSPS) is 11.6. The molecule has 1 aromatic heterocycles. The van der Waals surface area contributed by atoms with Crippen molar-refractivity contribution in [1.82, 2.24) is 14.8 Å². The van der Waals surface area contributed by atoms with Gasteiger partial charge in [0.1, 0.15) is 5.82 Å². The molecule has 7 nitrogen and oxygen atoms in total. The van der Waals surface area contributed by atoms with Gasteiger partial charge in [0.2, 0.25) is 0 Å². The maximum atomic E-state index is 13.9. The largest absolute Gasteiger partial charge is 0.447 e. The second-order valence-corrected chi connectivity index (χ2v) is 7.47. The van der Waals surface area contributed by atoms with E-state index in [9.17, 15) is 14.0 Å². The zero-order chi connectivity index (χ0) is 23.4. The molecule has 0 aliphatic carbocycles. The molecule has 1 N–H and O–H groups in total. The van der Waals surface area contributed by atoms with E-state index in [1.165, 1.54) is 23.7 Å². The smallest absolute Gasteiger partial charge is 0.379 e. The molecule has 0 saturated carbocycles. The van der Waals surface area contributed by atoms with Crippen LogP contribution < -0.4 is 5.32 Å². The Morgan fingerprint density at radius 1 is 1.03 bits per heavy atom. The molecule has 1 heterocycles. The van der Waals surface area contributed by atoms with Crippen LogP contribution in [0.25, 0.3) is 17.1 Å². The van der Waals surface area contributed by atoms with Crippen molar-refractivity contribution in [3.63, 3.8) is 0 Å².